The van der Waals surface area contributed by atoms with Gasteiger partial charge in [-0.05, 0) is 78.3 Å². The van der Waals surface area contributed by atoms with E-state index in [0.717, 1.165) is 4.47 Å². The number of carbonyl (C=O) groups excluding carboxylic acids is 1. The van der Waals surface area contributed by atoms with Crippen LogP contribution in [0.1, 0.15) is 18.3 Å². The minimum Gasteiger partial charge on any atom is -0.490 e. The highest BCUT2D eigenvalue weighted by Gasteiger charge is 2.19. The normalized spacial score (nSPS) is 11.2. The van der Waals surface area contributed by atoms with Crippen LogP contribution in [0.5, 0.6) is 11.5 Å². The highest BCUT2D eigenvalue weighted by atomic mass is 79.9. The average Bonchev–Trinajstić information content (AvgIpc) is 2.88. The van der Waals surface area contributed by atoms with Crippen LogP contribution in [0, 0.1) is 12.7 Å². The zero-order valence-corrected chi connectivity index (χ0v) is 24.0. The van der Waals surface area contributed by atoms with Crippen LogP contribution in [-0.2, 0) is 4.79 Å². The van der Waals surface area contributed by atoms with Gasteiger partial charge in [-0.1, -0.05) is 27.5 Å². The summed E-state index contributed by atoms with van der Waals surface area (Å²) in [4.78, 5) is 29.9. The van der Waals surface area contributed by atoms with E-state index in [1.54, 1.807) is 32.0 Å². The van der Waals surface area contributed by atoms with Crippen LogP contribution in [0.3, 0.4) is 0 Å². The molecule has 0 fully saturated rings. The summed E-state index contributed by atoms with van der Waals surface area (Å²) in [5.41, 5.74) is 1.16. The summed E-state index contributed by atoms with van der Waals surface area (Å²) in [6.45, 7) is 3.40. The number of rotatable bonds is 8. The van der Waals surface area contributed by atoms with Crippen molar-refractivity contribution in [1.82, 2.24) is 9.66 Å². The van der Waals surface area contributed by atoms with Crippen LogP contribution in [0.15, 0.2) is 67.4 Å². The predicted octanol–water partition coefficient (Wildman–Crippen LogP) is 6.32. The minimum absolute atomic E-state index is 0.150. The minimum atomic E-state index is -0.470. The van der Waals surface area contributed by atoms with E-state index in [-0.39, 0.29) is 28.7 Å². The van der Waals surface area contributed by atoms with Crippen LogP contribution in [0.2, 0.25) is 5.02 Å². The van der Waals surface area contributed by atoms with Crippen molar-refractivity contribution in [1.29, 1.82) is 0 Å². The number of nitrogens with zero attached hydrogens (tertiary/aromatic N) is 3. The maximum atomic E-state index is 13.1. The Bertz CT molecular complexity index is 1610. The topological polar surface area (TPSA) is 94.8 Å². The van der Waals surface area contributed by atoms with Gasteiger partial charge in [0.05, 0.1) is 23.7 Å². The zero-order valence-electron chi connectivity index (χ0n) is 20.1. The summed E-state index contributed by atoms with van der Waals surface area (Å²) in [5.74, 6) is -0.0489. The molecule has 0 saturated carbocycles. The molecule has 12 heteroatoms. The van der Waals surface area contributed by atoms with E-state index in [4.69, 9.17) is 21.1 Å². The molecule has 38 heavy (non-hydrogen) atoms. The van der Waals surface area contributed by atoms with E-state index in [1.165, 1.54) is 35.2 Å². The Balaban J connectivity index is 1.61. The van der Waals surface area contributed by atoms with Crippen molar-refractivity contribution in [3.8, 4) is 11.5 Å². The molecular formula is C26H20Br2ClFN4O4. The van der Waals surface area contributed by atoms with Gasteiger partial charge in [0, 0.05) is 20.2 Å². The molecule has 0 saturated heterocycles. The maximum absolute atomic E-state index is 13.1. The van der Waals surface area contributed by atoms with Gasteiger partial charge >= 0.3 is 0 Å². The van der Waals surface area contributed by atoms with Crippen LogP contribution in [0.4, 0.5) is 10.1 Å². The second-order valence-electron chi connectivity index (χ2n) is 7.88. The standard InChI is InChI=1S/C26H20Br2ClFN4O4/c1-3-37-21-10-15(12-31-34-14(2)32-20-9-4-16(27)11-19(20)26(34)36)23(28)24(29)25(21)38-13-22(35)33-18-7-5-17(30)6-8-18/h4-12H,3,13H2,1-2H3,(H,33,35). The fraction of sp³-hybridized carbons (Fsp3) is 0.154. The number of aromatic nitrogens is 2. The number of amides is 1. The predicted molar refractivity (Wildman–Crippen MR) is 152 cm³/mol. The number of benzene rings is 3. The molecule has 0 aliphatic heterocycles. The number of halogens is 4. The molecule has 0 unspecified atom stereocenters. The third kappa shape index (κ3) is 6.23. The molecule has 0 aliphatic rings. The van der Waals surface area contributed by atoms with E-state index >= 15 is 0 Å². The van der Waals surface area contributed by atoms with Gasteiger partial charge in [0.1, 0.15) is 16.7 Å². The molecule has 1 amide bonds. The summed E-state index contributed by atoms with van der Waals surface area (Å²) in [7, 11) is 0. The van der Waals surface area contributed by atoms with Crippen molar-refractivity contribution in [3.63, 3.8) is 0 Å². The lowest BCUT2D eigenvalue weighted by molar-refractivity contribution is -0.118. The Hall–Kier alpha value is -3.28. The molecule has 3 aromatic carbocycles. The first kappa shape index (κ1) is 27.7. The number of fused-ring (bicyclic) bond motifs is 1. The maximum Gasteiger partial charge on any atom is 0.282 e. The molecule has 0 bridgehead atoms. The number of carbonyl (C=O) groups is 1. The van der Waals surface area contributed by atoms with E-state index in [1.807, 2.05) is 6.07 Å². The van der Waals surface area contributed by atoms with Gasteiger partial charge in [-0.2, -0.15) is 9.78 Å². The highest BCUT2D eigenvalue weighted by molar-refractivity contribution is 9.10. The Morgan fingerprint density at radius 3 is 2.63 bits per heavy atom. The molecule has 196 valence electrons. The first-order valence-corrected chi connectivity index (χ1v) is 13.2. The molecule has 4 rings (SSSR count). The van der Waals surface area contributed by atoms with E-state index in [9.17, 15) is 14.0 Å². The highest BCUT2D eigenvalue weighted by Crippen LogP contribution is 2.42. The number of hydrogen-bond acceptors (Lipinski definition) is 6. The average molecular weight is 667 g/mol. The SMILES string of the molecule is CCOc1cc(C=Nn2c(C)nc3ccc(Br)cc3c2=O)c(Br)c(Cl)c1OCC(=O)Nc1ccc(F)cc1. The summed E-state index contributed by atoms with van der Waals surface area (Å²) >= 11 is 13.4. The van der Waals surface area contributed by atoms with Crippen molar-refractivity contribution in [2.75, 3.05) is 18.5 Å². The number of hydrogen-bond donors (Lipinski definition) is 1. The largest absolute Gasteiger partial charge is 0.490 e. The van der Waals surface area contributed by atoms with E-state index < -0.39 is 11.7 Å². The van der Waals surface area contributed by atoms with E-state index in [0.29, 0.717) is 39.1 Å². The Morgan fingerprint density at radius 2 is 1.92 bits per heavy atom. The van der Waals surface area contributed by atoms with Crippen LogP contribution < -0.4 is 20.3 Å². The zero-order chi connectivity index (χ0) is 27.4. The summed E-state index contributed by atoms with van der Waals surface area (Å²) in [6.07, 6.45) is 1.45. The molecule has 0 atom stereocenters. The first-order valence-electron chi connectivity index (χ1n) is 11.2. The van der Waals surface area contributed by atoms with Crippen molar-refractivity contribution in [2.24, 2.45) is 5.10 Å². The summed E-state index contributed by atoms with van der Waals surface area (Å²) in [6, 6.07) is 12.2. The monoisotopic (exact) mass is 664 g/mol. The Kier molecular flexibility index (Phi) is 8.80. The van der Waals surface area contributed by atoms with Gasteiger partial charge in [-0.15, -0.1) is 0 Å². The van der Waals surface area contributed by atoms with Gasteiger partial charge in [-0.25, -0.2) is 9.37 Å². The quantitative estimate of drug-likeness (QED) is 0.222. The lowest BCUT2D eigenvalue weighted by Crippen LogP contribution is -2.21. The summed E-state index contributed by atoms with van der Waals surface area (Å²) < 4.78 is 26.8. The summed E-state index contributed by atoms with van der Waals surface area (Å²) in [5, 5.41) is 7.52. The molecule has 0 aliphatic carbocycles. The fourth-order valence-electron chi connectivity index (χ4n) is 3.48. The molecular weight excluding hydrogens is 647 g/mol. The lowest BCUT2D eigenvalue weighted by atomic mass is 10.2. The molecule has 4 aromatic rings. The molecule has 1 N–H and O–H groups in total. The fourth-order valence-corrected chi connectivity index (χ4v) is 4.49. The molecule has 1 heterocycles. The van der Waals surface area contributed by atoms with Crippen molar-refractivity contribution in [3.05, 3.63) is 90.1 Å². The number of aryl methyl sites for hydroxylation is 1. The third-order valence-electron chi connectivity index (χ3n) is 5.21. The number of ether oxygens (including phenoxy) is 2. The smallest absolute Gasteiger partial charge is 0.282 e. The number of nitrogens with one attached hydrogen (secondary N) is 1. The van der Waals surface area contributed by atoms with Gasteiger partial charge in [0.25, 0.3) is 11.5 Å². The van der Waals surface area contributed by atoms with E-state index in [2.05, 4.69) is 47.3 Å². The van der Waals surface area contributed by atoms with Crippen LogP contribution in [-0.4, -0.2) is 35.0 Å². The van der Waals surface area contributed by atoms with Gasteiger partial charge < -0.3 is 14.8 Å². The van der Waals surface area contributed by atoms with Crippen LogP contribution >= 0.6 is 43.5 Å². The Morgan fingerprint density at radius 1 is 1.18 bits per heavy atom. The van der Waals surface area contributed by atoms with Gasteiger partial charge in [-0.3, -0.25) is 9.59 Å². The second-order valence-corrected chi connectivity index (χ2v) is 9.97. The van der Waals surface area contributed by atoms with Gasteiger partial charge in [0.2, 0.25) is 0 Å². The molecule has 8 nitrogen and oxygen atoms in total. The molecule has 0 spiro atoms. The van der Waals surface area contributed by atoms with Gasteiger partial charge in [0.15, 0.2) is 18.1 Å². The molecule has 0 radical (unpaired) electrons. The second kappa shape index (κ2) is 12.1. The molecule has 1 aromatic heterocycles. The Labute approximate surface area is 238 Å². The van der Waals surface area contributed by atoms with Crippen molar-refractivity contribution < 1.29 is 18.7 Å². The van der Waals surface area contributed by atoms with Crippen molar-refractivity contribution >= 4 is 72.2 Å². The third-order valence-corrected chi connectivity index (χ3v) is 7.15. The van der Waals surface area contributed by atoms with Crippen molar-refractivity contribution in [2.45, 2.75) is 13.8 Å². The van der Waals surface area contributed by atoms with Crippen LogP contribution in [0.25, 0.3) is 10.9 Å². The lowest BCUT2D eigenvalue weighted by Gasteiger charge is -2.16. The number of anilines is 1. The first-order chi connectivity index (χ1) is 18.2.